The molecule has 2 aromatic carbocycles. The van der Waals surface area contributed by atoms with Gasteiger partial charge < -0.3 is 4.74 Å². The number of benzene rings is 2. The topological polar surface area (TPSA) is 39.9 Å². The van der Waals surface area contributed by atoms with Crippen LogP contribution in [-0.2, 0) is 12.3 Å². The average molecular weight is 483 g/mol. The number of hydrogen-bond acceptors (Lipinski definition) is 4. The van der Waals surface area contributed by atoms with Crippen LogP contribution in [0.1, 0.15) is 24.4 Å². The standard InChI is InChI=1S/C20H18BrClFN3OS/c1-3-10-26-19(13(2)27-17-8-5-15(21)6-9-17)24-25-20(26)28-12-14-4-7-16(23)11-18(14)22/h3-9,11,13H,1,10,12H2,2H3/t13-/m0/s1. The van der Waals surface area contributed by atoms with Gasteiger partial charge in [0.25, 0.3) is 0 Å². The van der Waals surface area contributed by atoms with Gasteiger partial charge in [-0.05, 0) is 48.9 Å². The summed E-state index contributed by atoms with van der Waals surface area (Å²) in [5, 5.41) is 9.73. The molecule has 0 saturated heterocycles. The van der Waals surface area contributed by atoms with Gasteiger partial charge in [-0.15, -0.1) is 16.8 Å². The van der Waals surface area contributed by atoms with Gasteiger partial charge in [0.15, 0.2) is 17.1 Å². The van der Waals surface area contributed by atoms with E-state index in [1.807, 2.05) is 35.8 Å². The highest BCUT2D eigenvalue weighted by molar-refractivity contribution is 9.10. The van der Waals surface area contributed by atoms with Crippen LogP contribution in [0.3, 0.4) is 0 Å². The van der Waals surface area contributed by atoms with E-state index in [1.54, 1.807) is 12.1 Å². The van der Waals surface area contributed by atoms with Crippen molar-refractivity contribution in [2.75, 3.05) is 0 Å². The molecule has 0 amide bonds. The van der Waals surface area contributed by atoms with Crippen LogP contribution in [0, 0.1) is 5.82 Å². The molecule has 0 fully saturated rings. The summed E-state index contributed by atoms with van der Waals surface area (Å²) in [5.41, 5.74) is 0.835. The summed E-state index contributed by atoms with van der Waals surface area (Å²) < 4.78 is 22.2. The van der Waals surface area contributed by atoms with Crippen molar-refractivity contribution in [3.63, 3.8) is 0 Å². The molecular formula is C20H18BrClFN3OS. The minimum Gasteiger partial charge on any atom is -0.483 e. The molecule has 0 aliphatic heterocycles. The fourth-order valence-electron chi connectivity index (χ4n) is 2.56. The van der Waals surface area contributed by atoms with Crippen LogP contribution in [0.4, 0.5) is 4.39 Å². The molecule has 1 aromatic heterocycles. The number of ether oxygens (including phenoxy) is 1. The Hall–Kier alpha value is -1.83. The molecule has 4 nitrogen and oxygen atoms in total. The van der Waals surface area contributed by atoms with Crippen LogP contribution >= 0.6 is 39.3 Å². The maximum absolute atomic E-state index is 13.2. The van der Waals surface area contributed by atoms with Gasteiger partial charge in [-0.25, -0.2) is 4.39 Å². The van der Waals surface area contributed by atoms with E-state index >= 15 is 0 Å². The van der Waals surface area contributed by atoms with Crippen molar-refractivity contribution >= 4 is 39.3 Å². The zero-order valence-electron chi connectivity index (χ0n) is 15.1. The number of rotatable bonds is 8. The van der Waals surface area contributed by atoms with E-state index in [0.717, 1.165) is 20.9 Å². The van der Waals surface area contributed by atoms with Gasteiger partial charge in [-0.3, -0.25) is 4.57 Å². The Kier molecular flexibility index (Phi) is 7.15. The summed E-state index contributed by atoms with van der Waals surface area (Å²) >= 11 is 11.0. The number of allylic oxidation sites excluding steroid dienone is 1. The van der Waals surface area contributed by atoms with E-state index in [2.05, 4.69) is 32.7 Å². The number of aromatic nitrogens is 3. The minimum atomic E-state index is -0.352. The fraction of sp³-hybridized carbons (Fsp3) is 0.200. The first-order chi connectivity index (χ1) is 13.5. The zero-order valence-corrected chi connectivity index (χ0v) is 18.3. The smallest absolute Gasteiger partial charge is 0.191 e. The van der Waals surface area contributed by atoms with Gasteiger partial charge in [-0.2, -0.15) is 0 Å². The van der Waals surface area contributed by atoms with Gasteiger partial charge in [0, 0.05) is 21.8 Å². The first kappa shape index (κ1) is 20.9. The second-order valence-electron chi connectivity index (χ2n) is 5.98. The fourth-order valence-corrected chi connectivity index (χ4v) is 4.10. The Bertz CT molecular complexity index is 965. The lowest BCUT2D eigenvalue weighted by molar-refractivity contribution is 0.210. The molecule has 0 aliphatic rings. The Morgan fingerprint density at radius 2 is 2.04 bits per heavy atom. The molecule has 3 rings (SSSR count). The average Bonchev–Trinajstić information content (AvgIpc) is 3.06. The third-order valence-electron chi connectivity index (χ3n) is 3.92. The molecule has 1 atom stereocenters. The quantitative estimate of drug-likeness (QED) is 0.273. The second-order valence-corrected chi connectivity index (χ2v) is 8.24. The highest BCUT2D eigenvalue weighted by atomic mass is 79.9. The predicted molar refractivity (Wildman–Crippen MR) is 114 cm³/mol. The summed E-state index contributed by atoms with van der Waals surface area (Å²) in [7, 11) is 0. The molecule has 0 spiro atoms. The van der Waals surface area contributed by atoms with Gasteiger partial charge in [-0.1, -0.05) is 51.4 Å². The summed E-state index contributed by atoms with van der Waals surface area (Å²) in [6.45, 7) is 6.30. The van der Waals surface area contributed by atoms with E-state index in [0.29, 0.717) is 23.1 Å². The molecule has 28 heavy (non-hydrogen) atoms. The molecule has 0 N–H and O–H groups in total. The normalized spacial score (nSPS) is 12.0. The molecule has 0 bridgehead atoms. The molecular weight excluding hydrogens is 465 g/mol. The number of nitrogens with zero attached hydrogens (tertiary/aromatic N) is 3. The molecule has 0 unspecified atom stereocenters. The van der Waals surface area contributed by atoms with Crippen molar-refractivity contribution in [3.05, 3.63) is 81.8 Å². The molecule has 8 heteroatoms. The number of halogens is 3. The van der Waals surface area contributed by atoms with Gasteiger partial charge in [0.05, 0.1) is 0 Å². The molecule has 0 saturated carbocycles. The van der Waals surface area contributed by atoms with Crippen LogP contribution in [0.15, 0.2) is 64.7 Å². The molecule has 0 radical (unpaired) electrons. The van der Waals surface area contributed by atoms with Crippen molar-refractivity contribution in [1.82, 2.24) is 14.8 Å². The van der Waals surface area contributed by atoms with E-state index in [-0.39, 0.29) is 11.9 Å². The molecule has 146 valence electrons. The van der Waals surface area contributed by atoms with E-state index in [1.165, 1.54) is 23.9 Å². The lowest BCUT2D eigenvalue weighted by atomic mass is 10.2. The monoisotopic (exact) mass is 481 g/mol. The van der Waals surface area contributed by atoms with Crippen LogP contribution in [-0.4, -0.2) is 14.8 Å². The van der Waals surface area contributed by atoms with E-state index in [4.69, 9.17) is 16.3 Å². The lowest BCUT2D eigenvalue weighted by Crippen LogP contribution is -2.12. The first-order valence-corrected chi connectivity index (χ1v) is 10.7. The predicted octanol–water partition coefficient (Wildman–Crippen LogP) is 6.45. The lowest BCUT2D eigenvalue weighted by Gasteiger charge is -2.16. The molecule has 3 aromatic rings. The summed E-state index contributed by atoms with van der Waals surface area (Å²) in [4.78, 5) is 0. The van der Waals surface area contributed by atoms with Crippen molar-refractivity contribution in [2.24, 2.45) is 0 Å². The third kappa shape index (κ3) is 5.16. The van der Waals surface area contributed by atoms with Crippen LogP contribution in [0.5, 0.6) is 5.75 Å². The Morgan fingerprint density at radius 1 is 1.29 bits per heavy atom. The highest BCUT2D eigenvalue weighted by Crippen LogP contribution is 2.29. The van der Waals surface area contributed by atoms with Gasteiger partial charge in [0.2, 0.25) is 0 Å². The third-order valence-corrected chi connectivity index (χ3v) is 5.82. The van der Waals surface area contributed by atoms with Gasteiger partial charge in [0.1, 0.15) is 11.6 Å². The van der Waals surface area contributed by atoms with Gasteiger partial charge >= 0.3 is 0 Å². The van der Waals surface area contributed by atoms with Crippen molar-refractivity contribution < 1.29 is 9.13 Å². The van der Waals surface area contributed by atoms with E-state index in [9.17, 15) is 4.39 Å². The largest absolute Gasteiger partial charge is 0.483 e. The van der Waals surface area contributed by atoms with Crippen LogP contribution in [0.2, 0.25) is 5.02 Å². The van der Waals surface area contributed by atoms with Crippen LogP contribution < -0.4 is 4.74 Å². The minimum absolute atomic E-state index is 0.294. The summed E-state index contributed by atoms with van der Waals surface area (Å²) in [6.07, 6.45) is 1.49. The Balaban J connectivity index is 1.76. The first-order valence-electron chi connectivity index (χ1n) is 8.51. The SMILES string of the molecule is C=CCn1c(SCc2ccc(F)cc2Cl)nnc1[C@H](C)Oc1ccc(Br)cc1. The molecule has 0 aliphatic carbocycles. The van der Waals surface area contributed by atoms with Crippen molar-refractivity contribution in [1.29, 1.82) is 0 Å². The summed E-state index contributed by atoms with van der Waals surface area (Å²) in [6, 6.07) is 12.0. The Labute approximate surface area is 180 Å². The van der Waals surface area contributed by atoms with Crippen molar-refractivity contribution in [3.8, 4) is 5.75 Å². The number of hydrogen-bond donors (Lipinski definition) is 0. The maximum atomic E-state index is 13.2. The second kappa shape index (κ2) is 9.58. The van der Waals surface area contributed by atoms with E-state index < -0.39 is 0 Å². The highest BCUT2D eigenvalue weighted by Gasteiger charge is 2.19. The Morgan fingerprint density at radius 3 is 2.71 bits per heavy atom. The van der Waals surface area contributed by atoms with Crippen LogP contribution in [0.25, 0.3) is 0 Å². The number of thioether (sulfide) groups is 1. The summed E-state index contributed by atoms with van der Waals surface area (Å²) in [5.74, 6) is 1.65. The van der Waals surface area contributed by atoms with Crippen molar-refractivity contribution in [2.45, 2.75) is 30.5 Å². The zero-order chi connectivity index (χ0) is 20.1. The maximum Gasteiger partial charge on any atom is 0.191 e. The molecule has 1 heterocycles.